The second kappa shape index (κ2) is 21.1. The molecule has 1 heterocycles. The lowest BCUT2D eigenvalue weighted by Gasteiger charge is -2.15. The van der Waals surface area contributed by atoms with Gasteiger partial charge in [-0.25, -0.2) is 18.6 Å². The van der Waals surface area contributed by atoms with E-state index in [1.54, 1.807) is 12.1 Å². The van der Waals surface area contributed by atoms with Crippen LogP contribution in [0.3, 0.4) is 0 Å². The van der Waals surface area contributed by atoms with Gasteiger partial charge in [-0.15, -0.1) is 10.2 Å². The molecule has 0 bridgehead atoms. The van der Waals surface area contributed by atoms with Gasteiger partial charge in [0.25, 0.3) is 10.1 Å². The van der Waals surface area contributed by atoms with E-state index in [-0.39, 0.29) is 69.3 Å². The summed E-state index contributed by atoms with van der Waals surface area (Å²) in [6, 6.07) is 18.1. The molecule has 4 aromatic rings. The smallest absolute Gasteiger partial charge is 0.368 e. The highest BCUT2D eigenvalue weighted by Crippen LogP contribution is 2.37. The predicted octanol–water partition coefficient (Wildman–Crippen LogP) is 6.30. The Kier molecular flexibility index (Phi) is 17.0. The molecule has 4 rings (SSSR count). The number of aromatic nitrogens is 1. The van der Waals surface area contributed by atoms with Crippen molar-refractivity contribution in [3.63, 3.8) is 0 Å². The van der Waals surface area contributed by atoms with E-state index < -0.39 is 53.9 Å². The van der Waals surface area contributed by atoms with Gasteiger partial charge < -0.3 is 20.1 Å². The third-order valence-electron chi connectivity index (χ3n) is 6.86. The number of nitrogens with zero attached hydrogens (tertiary/aromatic N) is 6. The van der Waals surface area contributed by atoms with Gasteiger partial charge in [0.1, 0.15) is 28.2 Å². The summed E-state index contributed by atoms with van der Waals surface area (Å²) in [6.07, 6.45) is 0. The zero-order chi connectivity index (χ0) is 41.5. The second-order valence-electron chi connectivity index (χ2n) is 10.8. The van der Waals surface area contributed by atoms with Gasteiger partial charge in [0.05, 0.1) is 28.4 Å². The third-order valence-corrected chi connectivity index (χ3v) is 9.86. The molecule has 298 valence electrons. The van der Waals surface area contributed by atoms with Crippen molar-refractivity contribution in [3.8, 4) is 11.8 Å². The van der Waals surface area contributed by atoms with Crippen molar-refractivity contribution in [1.29, 1.82) is 5.26 Å². The Morgan fingerprint density at radius 1 is 0.893 bits per heavy atom. The molecule has 2 unspecified atom stereocenters. The minimum Gasteiger partial charge on any atom is -0.368 e. The Balaban J connectivity index is 0.000000817. The Morgan fingerprint density at radius 3 is 2.09 bits per heavy atom. The average molecular weight is 851 g/mol. The molecule has 3 aromatic carbocycles. The molecule has 24 heteroatoms. The van der Waals surface area contributed by atoms with Crippen LogP contribution >= 0.6 is 0 Å². The maximum Gasteiger partial charge on any atom is 0.397 e. The van der Waals surface area contributed by atoms with Crippen LogP contribution in [0.5, 0.6) is 5.75 Å². The first-order chi connectivity index (χ1) is 26.4. The van der Waals surface area contributed by atoms with Gasteiger partial charge in [-0.3, -0.25) is 13.3 Å². The van der Waals surface area contributed by atoms with E-state index in [1.165, 1.54) is 48.7 Å². The summed E-state index contributed by atoms with van der Waals surface area (Å²) in [5, 5.41) is 40.7. The first-order valence-corrected chi connectivity index (χ1v) is 20.8. The van der Waals surface area contributed by atoms with Crippen LogP contribution in [0.2, 0.25) is 0 Å². The number of aryl methyl sites for hydroxylation is 1. The van der Waals surface area contributed by atoms with Gasteiger partial charge in [-0.1, -0.05) is 24.3 Å². The quantitative estimate of drug-likeness (QED) is 0.0169. The van der Waals surface area contributed by atoms with Crippen LogP contribution in [-0.2, 0) is 46.6 Å². The molecule has 0 aliphatic rings. The molecule has 1 aromatic heterocycles. The van der Waals surface area contributed by atoms with E-state index in [0.717, 1.165) is 11.6 Å². The number of hydrogen-bond acceptors (Lipinski definition) is 17. The molecule has 0 amide bonds. The molecule has 56 heavy (non-hydrogen) atoms. The van der Waals surface area contributed by atoms with Crippen molar-refractivity contribution in [2.24, 2.45) is 20.5 Å². The zero-order valence-corrected chi connectivity index (χ0v) is 32.6. The highest BCUT2D eigenvalue weighted by atomic mass is 32.3. The molecular weight excluding hydrogens is 817 g/mol. The number of benzene rings is 3. The van der Waals surface area contributed by atoms with E-state index in [9.17, 15) is 35.1 Å². The fourth-order valence-corrected chi connectivity index (χ4v) is 5.95. The fourth-order valence-electron chi connectivity index (χ4n) is 4.18. The van der Waals surface area contributed by atoms with E-state index >= 15 is 0 Å². The Morgan fingerprint density at radius 2 is 1.52 bits per heavy atom. The highest BCUT2D eigenvalue weighted by molar-refractivity contribution is 7.88. The van der Waals surface area contributed by atoms with Crippen molar-refractivity contribution in [3.05, 3.63) is 95.4 Å². The van der Waals surface area contributed by atoms with Gasteiger partial charge in [-0.2, -0.15) is 32.3 Å². The number of hydrogen-bond donors (Lipinski definition) is 6. The largest absolute Gasteiger partial charge is 0.397 e. The summed E-state index contributed by atoms with van der Waals surface area (Å²) >= 11 is -2.19. The molecule has 0 aliphatic heterocycles. The Hall–Kier alpha value is -5.36. The van der Waals surface area contributed by atoms with Crippen LogP contribution in [0.25, 0.3) is 0 Å². The molecule has 20 nitrogen and oxygen atoms in total. The van der Waals surface area contributed by atoms with Crippen LogP contribution in [0.1, 0.15) is 16.7 Å². The van der Waals surface area contributed by atoms with Crippen molar-refractivity contribution in [1.82, 2.24) is 4.98 Å². The van der Waals surface area contributed by atoms with Gasteiger partial charge in [-0.05, 0) is 73.9 Å². The van der Waals surface area contributed by atoms with Gasteiger partial charge in [0.2, 0.25) is 0 Å². The SMILES string of the molecule is C=CS(=O)CCNc1nc(NCCOS(=O)(=O)O)c(N=Nc2ccc(N=Nc3ccc(S(=O)O)cc3)cc2S(=O)(=O)O)c(C)c1C#N.Cc1ccc(OO)cc1. The fraction of sp³-hybridized carbons (Fsp3) is 0.188. The Bertz CT molecular complexity index is 2390. The molecule has 0 saturated carbocycles. The molecule has 0 radical (unpaired) electrons. The van der Waals surface area contributed by atoms with E-state index in [1.807, 2.05) is 25.1 Å². The van der Waals surface area contributed by atoms with Crippen molar-refractivity contribution in [2.75, 3.05) is 36.1 Å². The number of anilines is 2. The number of rotatable bonds is 17. The number of nitrogens with one attached hydrogen (secondary N) is 2. The van der Waals surface area contributed by atoms with Crippen LogP contribution in [-0.4, -0.2) is 74.6 Å². The van der Waals surface area contributed by atoms with Crippen LogP contribution in [0.4, 0.5) is 34.4 Å². The second-order valence-corrected chi connectivity index (χ2v) is 15.8. The average Bonchev–Trinajstić information content (AvgIpc) is 3.15. The Labute approximate surface area is 326 Å². The van der Waals surface area contributed by atoms with Crippen LogP contribution in [0.15, 0.2) is 109 Å². The lowest BCUT2D eigenvalue weighted by atomic mass is 10.1. The molecule has 0 fully saturated rings. The topological polar surface area (TPSA) is 312 Å². The maximum absolute atomic E-state index is 12.2. The zero-order valence-electron chi connectivity index (χ0n) is 29.3. The van der Waals surface area contributed by atoms with Crippen molar-refractivity contribution < 1.29 is 53.2 Å². The molecule has 2 atom stereocenters. The van der Waals surface area contributed by atoms with Gasteiger partial charge in [0.15, 0.2) is 22.6 Å². The molecular formula is C32H34N8O12S4. The van der Waals surface area contributed by atoms with E-state index in [4.69, 9.17) is 14.4 Å². The van der Waals surface area contributed by atoms with Crippen molar-refractivity contribution in [2.45, 2.75) is 23.6 Å². The molecule has 0 aliphatic carbocycles. The summed E-state index contributed by atoms with van der Waals surface area (Å²) in [7, 11) is -11.0. The first-order valence-electron chi connectivity index (χ1n) is 15.5. The molecule has 0 spiro atoms. The first kappa shape index (κ1) is 45.0. The normalized spacial score (nSPS) is 12.7. The summed E-state index contributed by atoms with van der Waals surface area (Å²) in [5.41, 5.74) is 1.21. The number of azo groups is 2. The third kappa shape index (κ3) is 14.4. The number of nitriles is 1. The summed E-state index contributed by atoms with van der Waals surface area (Å²) in [6.45, 7) is 6.25. The lowest BCUT2D eigenvalue weighted by molar-refractivity contribution is -0.137. The number of pyridine rings is 1. The van der Waals surface area contributed by atoms with Gasteiger partial charge >= 0.3 is 10.4 Å². The summed E-state index contributed by atoms with van der Waals surface area (Å²) < 4.78 is 101. The predicted molar refractivity (Wildman–Crippen MR) is 206 cm³/mol. The maximum atomic E-state index is 12.2. The van der Waals surface area contributed by atoms with E-state index in [2.05, 4.69) is 51.7 Å². The molecule has 0 saturated heterocycles. The molecule has 6 N–H and O–H groups in total. The van der Waals surface area contributed by atoms with Gasteiger partial charge in [0, 0.05) is 35.2 Å². The van der Waals surface area contributed by atoms with Crippen LogP contribution < -0.4 is 15.5 Å². The minimum absolute atomic E-state index is 0.00657. The standard InChI is InChI=1S/C25H26N8O10S4.C7H8O2/c1-3-44(34)13-11-28-24-20(15-26)16(2)23(25(29-24)27-10-12-43-47(40,41)42)33-32-21-9-6-18(14-22(21)46(37,38)39)31-30-17-4-7-19(8-5-17)45(35)36;1-6-2-4-7(9-8)5-3-6/h3-9,14H,1,10-13H2,2H3,(H,35,36)(H2,27,28,29)(H,37,38,39)(H,40,41,42);2-5,8H,1H3. The monoisotopic (exact) mass is 850 g/mol. The minimum atomic E-state index is -4.89. The highest BCUT2D eigenvalue weighted by Gasteiger charge is 2.20. The van der Waals surface area contributed by atoms with Crippen molar-refractivity contribution >= 4 is 76.8 Å². The van der Waals surface area contributed by atoms with E-state index in [0.29, 0.717) is 5.75 Å². The summed E-state index contributed by atoms with van der Waals surface area (Å²) in [5.74, 6) is 0.607. The van der Waals surface area contributed by atoms with Crippen LogP contribution in [0, 0.1) is 25.2 Å². The summed E-state index contributed by atoms with van der Waals surface area (Å²) in [4.78, 5) is 7.72. The lowest BCUT2D eigenvalue weighted by Crippen LogP contribution is -2.16.